The summed E-state index contributed by atoms with van der Waals surface area (Å²) in [6.07, 6.45) is 0. The lowest BCUT2D eigenvalue weighted by Gasteiger charge is -2.06. The summed E-state index contributed by atoms with van der Waals surface area (Å²) >= 11 is 0. The van der Waals surface area contributed by atoms with E-state index in [2.05, 4.69) is 10.6 Å². The molecule has 1 rings (SSSR count). The number of hydrogen-bond acceptors (Lipinski definition) is 4. The van der Waals surface area contributed by atoms with Crippen molar-refractivity contribution in [2.24, 2.45) is 0 Å². The van der Waals surface area contributed by atoms with Crippen LogP contribution in [0.15, 0.2) is 18.2 Å². The smallest absolute Gasteiger partial charge is 0.282 e. The van der Waals surface area contributed by atoms with Gasteiger partial charge in [-0.25, -0.2) is 0 Å². The summed E-state index contributed by atoms with van der Waals surface area (Å²) in [5.41, 5.74) is 0.760. The molecule has 0 aliphatic heterocycles. The zero-order valence-electron chi connectivity index (χ0n) is 10.9. The van der Waals surface area contributed by atoms with Gasteiger partial charge in [0.2, 0.25) is 0 Å². The first kappa shape index (κ1) is 17.3. The van der Waals surface area contributed by atoms with Crippen LogP contribution in [-0.2, 0) is 0 Å². The van der Waals surface area contributed by atoms with Crippen LogP contribution in [0.5, 0.6) is 0 Å². The molecule has 0 fully saturated rings. The van der Waals surface area contributed by atoms with Gasteiger partial charge in [-0.2, -0.15) is 0 Å². The summed E-state index contributed by atoms with van der Waals surface area (Å²) in [4.78, 5) is 22.1. The average Bonchev–Trinajstić information content (AvgIpc) is 2.34. The van der Waals surface area contributed by atoms with Crippen LogP contribution in [0.1, 0.15) is 22.8 Å². The van der Waals surface area contributed by atoms with Gasteiger partial charge >= 0.3 is 0 Å². The molecular weight excluding hydrogens is 270 g/mol. The minimum Gasteiger partial charge on any atom is -0.351 e. The van der Waals surface area contributed by atoms with Crippen molar-refractivity contribution < 1.29 is 9.72 Å². The fourth-order valence-corrected chi connectivity index (χ4v) is 1.53. The van der Waals surface area contributed by atoms with E-state index in [-0.39, 0.29) is 23.7 Å². The maximum absolute atomic E-state index is 11.8. The molecule has 0 radical (unpaired) electrons. The van der Waals surface area contributed by atoms with Crippen molar-refractivity contribution in [2.75, 3.05) is 19.6 Å². The summed E-state index contributed by atoms with van der Waals surface area (Å²) in [5, 5.41) is 16.5. The largest absolute Gasteiger partial charge is 0.351 e. The van der Waals surface area contributed by atoms with E-state index >= 15 is 0 Å². The van der Waals surface area contributed by atoms with Crippen molar-refractivity contribution in [1.82, 2.24) is 10.6 Å². The van der Waals surface area contributed by atoms with Gasteiger partial charge in [0.1, 0.15) is 5.56 Å². The Labute approximate surface area is 118 Å². The molecule has 0 aromatic heterocycles. The molecule has 19 heavy (non-hydrogen) atoms. The maximum atomic E-state index is 11.8. The van der Waals surface area contributed by atoms with Gasteiger partial charge in [0.25, 0.3) is 11.6 Å². The molecule has 2 N–H and O–H groups in total. The predicted molar refractivity (Wildman–Crippen MR) is 76.0 cm³/mol. The summed E-state index contributed by atoms with van der Waals surface area (Å²) in [5.74, 6) is -0.414. The normalized spacial score (nSPS) is 9.58. The number of nitrogens with one attached hydrogen (secondary N) is 2. The molecule has 0 heterocycles. The molecule has 7 heteroatoms. The molecule has 6 nitrogen and oxygen atoms in total. The molecule has 1 aromatic rings. The number of nitrogens with zero attached hydrogens (tertiary/aromatic N) is 1. The van der Waals surface area contributed by atoms with Crippen LogP contribution >= 0.6 is 12.4 Å². The molecule has 106 valence electrons. The molecule has 0 aliphatic rings. The van der Waals surface area contributed by atoms with E-state index in [4.69, 9.17) is 0 Å². The number of rotatable bonds is 6. The van der Waals surface area contributed by atoms with Crippen LogP contribution in [0.25, 0.3) is 0 Å². The topological polar surface area (TPSA) is 84.3 Å². The fourth-order valence-electron chi connectivity index (χ4n) is 1.53. The molecule has 0 unspecified atom stereocenters. The number of carbonyl (C=O) groups is 1. The Kier molecular flexibility index (Phi) is 7.71. The number of nitro benzene ring substituents is 1. The van der Waals surface area contributed by atoms with Crippen LogP contribution in [0, 0.1) is 17.0 Å². The zero-order valence-corrected chi connectivity index (χ0v) is 11.8. The first-order chi connectivity index (χ1) is 8.56. The van der Waals surface area contributed by atoms with Gasteiger partial charge in [0.15, 0.2) is 0 Å². The van der Waals surface area contributed by atoms with Crippen LogP contribution in [0.4, 0.5) is 5.69 Å². The van der Waals surface area contributed by atoms with Crippen molar-refractivity contribution in [1.29, 1.82) is 0 Å². The maximum Gasteiger partial charge on any atom is 0.282 e. The quantitative estimate of drug-likeness (QED) is 0.473. The van der Waals surface area contributed by atoms with Gasteiger partial charge < -0.3 is 10.6 Å². The third kappa shape index (κ3) is 5.23. The Hall–Kier alpha value is -1.66. The van der Waals surface area contributed by atoms with Gasteiger partial charge in [-0.15, -0.1) is 12.4 Å². The second-order valence-electron chi connectivity index (χ2n) is 3.89. The van der Waals surface area contributed by atoms with E-state index in [1.165, 1.54) is 12.1 Å². The predicted octanol–water partition coefficient (Wildman–Crippen LogP) is 1.66. The number of halogens is 1. The summed E-state index contributed by atoms with van der Waals surface area (Å²) in [6, 6.07) is 4.50. The Balaban J connectivity index is 0.00000324. The van der Waals surface area contributed by atoms with Crippen molar-refractivity contribution in [3.05, 3.63) is 39.4 Å². The molecule has 1 amide bonds. The lowest BCUT2D eigenvalue weighted by molar-refractivity contribution is -0.385. The molecule has 0 saturated heterocycles. The highest BCUT2D eigenvalue weighted by Gasteiger charge is 2.19. The molecule has 0 spiro atoms. The SMILES string of the molecule is CCNCCNC(=O)c1cc(C)ccc1[N+](=O)[O-].Cl. The second kappa shape index (κ2) is 8.44. The molecular formula is C12H18ClN3O3. The Morgan fingerprint density at radius 3 is 2.63 bits per heavy atom. The molecule has 0 aliphatic carbocycles. The third-order valence-corrected chi connectivity index (χ3v) is 2.43. The number of carbonyl (C=O) groups excluding carboxylic acids is 1. The van der Waals surface area contributed by atoms with E-state index in [1.807, 2.05) is 6.92 Å². The first-order valence-corrected chi connectivity index (χ1v) is 5.80. The summed E-state index contributed by atoms with van der Waals surface area (Å²) in [7, 11) is 0. The van der Waals surface area contributed by atoms with Gasteiger partial charge in [-0.1, -0.05) is 13.0 Å². The van der Waals surface area contributed by atoms with E-state index in [0.29, 0.717) is 13.1 Å². The molecule has 0 saturated carbocycles. The first-order valence-electron chi connectivity index (χ1n) is 5.80. The van der Waals surface area contributed by atoms with E-state index in [1.54, 1.807) is 13.0 Å². The highest BCUT2D eigenvalue weighted by Crippen LogP contribution is 2.19. The van der Waals surface area contributed by atoms with Gasteiger partial charge in [-0.3, -0.25) is 14.9 Å². The number of hydrogen-bond donors (Lipinski definition) is 2. The Bertz CT molecular complexity index is 452. The van der Waals surface area contributed by atoms with Crippen LogP contribution in [0.2, 0.25) is 0 Å². The van der Waals surface area contributed by atoms with Gasteiger partial charge in [-0.05, 0) is 25.1 Å². The van der Waals surface area contributed by atoms with Crippen LogP contribution < -0.4 is 10.6 Å². The van der Waals surface area contributed by atoms with Crippen LogP contribution in [-0.4, -0.2) is 30.5 Å². The monoisotopic (exact) mass is 287 g/mol. The van der Waals surface area contributed by atoms with Crippen molar-refractivity contribution >= 4 is 24.0 Å². The standard InChI is InChI=1S/C12H17N3O3.ClH/c1-3-13-6-7-14-12(16)10-8-9(2)4-5-11(10)15(17)18;/h4-5,8,13H,3,6-7H2,1-2H3,(H,14,16);1H. The molecule has 1 aromatic carbocycles. The Morgan fingerprint density at radius 1 is 1.37 bits per heavy atom. The minimum absolute atomic E-state index is 0. The highest BCUT2D eigenvalue weighted by atomic mass is 35.5. The number of benzene rings is 1. The van der Waals surface area contributed by atoms with Gasteiger partial charge in [0, 0.05) is 19.2 Å². The summed E-state index contributed by atoms with van der Waals surface area (Å²) < 4.78 is 0. The number of likely N-dealkylation sites (N-methyl/N-ethyl adjacent to an activating group) is 1. The van der Waals surface area contributed by atoms with Crippen molar-refractivity contribution in [2.45, 2.75) is 13.8 Å². The van der Waals surface area contributed by atoms with E-state index in [0.717, 1.165) is 12.1 Å². The van der Waals surface area contributed by atoms with E-state index in [9.17, 15) is 14.9 Å². The minimum atomic E-state index is -0.543. The van der Waals surface area contributed by atoms with E-state index < -0.39 is 10.8 Å². The number of nitro groups is 1. The highest BCUT2D eigenvalue weighted by molar-refractivity contribution is 5.98. The van der Waals surface area contributed by atoms with Crippen molar-refractivity contribution in [3.8, 4) is 0 Å². The second-order valence-corrected chi connectivity index (χ2v) is 3.89. The van der Waals surface area contributed by atoms with Crippen LogP contribution in [0.3, 0.4) is 0 Å². The number of aryl methyl sites for hydroxylation is 1. The zero-order chi connectivity index (χ0) is 13.5. The third-order valence-electron chi connectivity index (χ3n) is 2.43. The van der Waals surface area contributed by atoms with Gasteiger partial charge in [0.05, 0.1) is 4.92 Å². The summed E-state index contributed by atoms with van der Waals surface area (Å²) in [6.45, 7) is 5.66. The Morgan fingerprint density at radius 2 is 2.05 bits per heavy atom. The molecule has 0 bridgehead atoms. The lowest BCUT2D eigenvalue weighted by Crippen LogP contribution is -2.32. The average molecular weight is 288 g/mol. The fraction of sp³-hybridized carbons (Fsp3) is 0.417. The van der Waals surface area contributed by atoms with Crippen molar-refractivity contribution in [3.63, 3.8) is 0 Å². The number of amides is 1. The molecule has 0 atom stereocenters. The lowest BCUT2D eigenvalue weighted by atomic mass is 10.1.